The first-order valence-corrected chi connectivity index (χ1v) is 14.7. The molecule has 3 aromatic rings. The molecule has 1 aliphatic heterocycles. The van der Waals surface area contributed by atoms with Crippen molar-refractivity contribution in [2.45, 2.75) is 26.8 Å². The van der Waals surface area contributed by atoms with Crippen molar-refractivity contribution in [2.75, 3.05) is 34.0 Å². The van der Waals surface area contributed by atoms with E-state index >= 15 is 0 Å². The number of allylic oxidation sites excluding steroid dienone is 1. The van der Waals surface area contributed by atoms with Gasteiger partial charge in [-0.05, 0) is 84.8 Å². The standard InChI is InChI=1S/C29H29IN2O9S/c1-6-39-20-13-17(8-9-19(20)41-14-23(33)38-5)25-24(28(36)40-7-2)15(3)31-29-32(25)27(35)22(42-29)12-16-10-18(30)26(34)21(11-16)37-4/h8-13,25,34H,6-7,14H2,1-5H3/b22-12-/t25-/m0/s1. The Balaban J connectivity index is 1.91. The Bertz CT molecular complexity index is 1740. The van der Waals surface area contributed by atoms with Gasteiger partial charge < -0.3 is 28.8 Å². The van der Waals surface area contributed by atoms with Crippen molar-refractivity contribution in [1.82, 2.24) is 4.57 Å². The molecule has 0 fully saturated rings. The van der Waals surface area contributed by atoms with Crippen LogP contribution in [0.4, 0.5) is 0 Å². The van der Waals surface area contributed by atoms with Gasteiger partial charge in [0.25, 0.3) is 5.56 Å². The fourth-order valence-corrected chi connectivity index (χ4v) is 6.04. The number of phenols is 1. The number of halogens is 1. The van der Waals surface area contributed by atoms with Gasteiger partial charge in [-0.2, -0.15) is 0 Å². The molecule has 0 unspecified atom stereocenters. The number of hydrogen-bond acceptors (Lipinski definition) is 11. The van der Waals surface area contributed by atoms with Crippen molar-refractivity contribution >= 4 is 51.9 Å². The lowest BCUT2D eigenvalue weighted by Gasteiger charge is -2.25. The number of rotatable bonds is 10. The number of methoxy groups -OCH3 is 2. The molecule has 2 aromatic carbocycles. The summed E-state index contributed by atoms with van der Waals surface area (Å²) in [6.45, 7) is 5.31. The van der Waals surface area contributed by atoms with Crippen LogP contribution in [0.5, 0.6) is 23.0 Å². The highest BCUT2D eigenvalue weighted by molar-refractivity contribution is 14.1. The third-order valence-electron chi connectivity index (χ3n) is 6.24. The Kier molecular flexibility index (Phi) is 9.93. The molecule has 4 rings (SSSR count). The smallest absolute Gasteiger partial charge is 0.343 e. The molecule has 1 atom stereocenters. The van der Waals surface area contributed by atoms with Gasteiger partial charge >= 0.3 is 11.9 Å². The van der Waals surface area contributed by atoms with Crippen molar-refractivity contribution in [1.29, 1.82) is 0 Å². The number of ether oxygens (including phenoxy) is 5. The van der Waals surface area contributed by atoms with Crippen LogP contribution >= 0.6 is 33.9 Å². The zero-order chi connectivity index (χ0) is 30.6. The van der Waals surface area contributed by atoms with Crippen molar-refractivity contribution in [3.63, 3.8) is 0 Å². The zero-order valence-electron chi connectivity index (χ0n) is 23.6. The fourth-order valence-electron chi connectivity index (χ4n) is 4.37. The van der Waals surface area contributed by atoms with Gasteiger partial charge in [0, 0.05) is 0 Å². The summed E-state index contributed by atoms with van der Waals surface area (Å²) in [6.07, 6.45) is 1.68. The fraction of sp³-hybridized carbons (Fsp3) is 0.310. The van der Waals surface area contributed by atoms with Crippen molar-refractivity contribution in [3.8, 4) is 23.0 Å². The second-order valence-corrected chi connectivity index (χ2v) is 11.0. The van der Waals surface area contributed by atoms with E-state index in [1.807, 2.05) is 22.6 Å². The monoisotopic (exact) mass is 708 g/mol. The van der Waals surface area contributed by atoms with Gasteiger partial charge in [0.05, 0.1) is 52.8 Å². The molecule has 1 N–H and O–H groups in total. The lowest BCUT2D eigenvalue weighted by atomic mass is 9.95. The Morgan fingerprint density at radius 3 is 2.52 bits per heavy atom. The molecule has 0 spiro atoms. The van der Waals surface area contributed by atoms with E-state index in [4.69, 9.17) is 18.9 Å². The molecule has 0 aliphatic carbocycles. The van der Waals surface area contributed by atoms with E-state index in [-0.39, 0.29) is 35.8 Å². The number of aromatic hydroxyl groups is 1. The van der Waals surface area contributed by atoms with Crippen LogP contribution in [-0.2, 0) is 19.1 Å². The van der Waals surface area contributed by atoms with Gasteiger partial charge in [-0.25, -0.2) is 14.6 Å². The number of esters is 2. The minimum Gasteiger partial charge on any atom is -0.504 e. The van der Waals surface area contributed by atoms with Gasteiger partial charge in [0.1, 0.15) is 0 Å². The normalized spacial score (nSPS) is 14.6. The summed E-state index contributed by atoms with van der Waals surface area (Å²) >= 11 is 3.16. The highest BCUT2D eigenvalue weighted by atomic mass is 127. The highest BCUT2D eigenvalue weighted by Gasteiger charge is 2.34. The summed E-state index contributed by atoms with van der Waals surface area (Å²) < 4.78 is 29.1. The predicted molar refractivity (Wildman–Crippen MR) is 163 cm³/mol. The molecule has 0 radical (unpaired) electrons. The number of fused-ring (bicyclic) bond motifs is 1. The van der Waals surface area contributed by atoms with Crippen LogP contribution < -0.4 is 29.1 Å². The Morgan fingerprint density at radius 2 is 1.86 bits per heavy atom. The maximum Gasteiger partial charge on any atom is 0.343 e. The topological polar surface area (TPSA) is 135 Å². The number of thiazole rings is 1. The molecule has 1 aromatic heterocycles. The van der Waals surface area contributed by atoms with Gasteiger partial charge in [-0.3, -0.25) is 9.36 Å². The molecule has 0 bridgehead atoms. The molecular formula is C29H29IN2O9S. The molecule has 0 saturated heterocycles. The minimum atomic E-state index is -0.884. The first-order chi connectivity index (χ1) is 20.1. The number of nitrogens with zero attached hydrogens (tertiary/aromatic N) is 2. The summed E-state index contributed by atoms with van der Waals surface area (Å²) in [7, 11) is 2.71. The van der Waals surface area contributed by atoms with E-state index in [0.717, 1.165) is 0 Å². The van der Waals surface area contributed by atoms with E-state index in [2.05, 4.69) is 9.73 Å². The maximum absolute atomic E-state index is 13.9. The van der Waals surface area contributed by atoms with Crippen molar-refractivity contribution in [3.05, 3.63) is 76.0 Å². The first kappa shape index (κ1) is 31.1. The molecule has 42 heavy (non-hydrogen) atoms. The molecule has 222 valence electrons. The van der Waals surface area contributed by atoms with Crippen LogP contribution in [0, 0.1) is 3.57 Å². The van der Waals surface area contributed by atoms with Crippen LogP contribution in [0.1, 0.15) is 37.9 Å². The average molecular weight is 709 g/mol. The number of hydrogen-bond donors (Lipinski definition) is 1. The summed E-state index contributed by atoms with van der Waals surface area (Å²) in [5, 5.41) is 10.2. The molecule has 1 aliphatic rings. The summed E-state index contributed by atoms with van der Waals surface area (Å²) in [4.78, 5) is 43.8. The number of phenolic OH excluding ortho intramolecular Hbond substituents is 1. The Labute approximate surface area is 258 Å². The third kappa shape index (κ3) is 6.31. The lowest BCUT2D eigenvalue weighted by molar-refractivity contribution is -0.143. The van der Waals surface area contributed by atoms with Gasteiger partial charge in [-0.1, -0.05) is 17.4 Å². The Morgan fingerprint density at radius 1 is 1.10 bits per heavy atom. The second-order valence-electron chi connectivity index (χ2n) is 8.86. The molecule has 11 nitrogen and oxygen atoms in total. The lowest BCUT2D eigenvalue weighted by Crippen LogP contribution is -2.40. The number of aromatic nitrogens is 1. The molecule has 13 heteroatoms. The SMILES string of the molecule is CCOC(=O)C1=C(C)N=c2s/c(=C\c3cc(I)c(O)c(OC)c3)c(=O)n2[C@H]1c1ccc(OCC(=O)OC)c(OCC)c1. The van der Waals surface area contributed by atoms with E-state index in [9.17, 15) is 19.5 Å². The van der Waals surface area contributed by atoms with Crippen LogP contribution in [0.15, 0.2) is 51.4 Å². The minimum absolute atomic E-state index is 0.00975. The summed E-state index contributed by atoms with van der Waals surface area (Å²) in [6, 6.07) is 7.45. The largest absolute Gasteiger partial charge is 0.504 e. The van der Waals surface area contributed by atoms with Crippen LogP contribution in [0.25, 0.3) is 6.08 Å². The van der Waals surface area contributed by atoms with Gasteiger partial charge in [-0.15, -0.1) is 0 Å². The predicted octanol–water partition coefficient (Wildman–Crippen LogP) is 3.07. The van der Waals surface area contributed by atoms with Crippen molar-refractivity contribution in [2.24, 2.45) is 4.99 Å². The molecule has 0 saturated carbocycles. The van der Waals surface area contributed by atoms with E-state index in [1.165, 1.54) is 30.1 Å². The summed E-state index contributed by atoms with van der Waals surface area (Å²) in [5.74, 6) is -0.248. The molecule has 0 amide bonds. The number of benzene rings is 2. The average Bonchev–Trinajstić information content (AvgIpc) is 3.27. The number of carbonyl (C=O) groups is 2. The quantitative estimate of drug-likeness (QED) is 0.249. The number of carbonyl (C=O) groups excluding carboxylic acids is 2. The highest BCUT2D eigenvalue weighted by Crippen LogP contribution is 2.37. The van der Waals surface area contributed by atoms with Crippen LogP contribution in [0.3, 0.4) is 0 Å². The Hall–Kier alpha value is -3.85. The zero-order valence-corrected chi connectivity index (χ0v) is 26.5. The van der Waals surface area contributed by atoms with Gasteiger partial charge in [0.2, 0.25) is 0 Å². The van der Waals surface area contributed by atoms with Gasteiger partial charge in [0.15, 0.2) is 34.4 Å². The van der Waals surface area contributed by atoms with Crippen LogP contribution in [0.2, 0.25) is 0 Å². The molecular weight excluding hydrogens is 679 g/mol. The van der Waals surface area contributed by atoms with Crippen LogP contribution in [-0.4, -0.2) is 55.7 Å². The first-order valence-electron chi connectivity index (χ1n) is 12.9. The van der Waals surface area contributed by atoms with Crippen molar-refractivity contribution < 1.29 is 38.4 Å². The summed E-state index contributed by atoms with van der Waals surface area (Å²) in [5.41, 5.74) is 1.44. The second kappa shape index (κ2) is 13.4. The van der Waals surface area contributed by atoms with E-state index < -0.39 is 18.0 Å². The van der Waals surface area contributed by atoms with E-state index in [0.29, 0.717) is 47.8 Å². The molecule has 2 heterocycles. The maximum atomic E-state index is 13.9. The third-order valence-corrected chi connectivity index (χ3v) is 8.05. The van der Waals surface area contributed by atoms with E-state index in [1.54, 1.807) is 57.2 Å².